The molecule has 0 aliphatic heterocycles. The number of hydrogen-bond acceptors (Lipinski definition) is 3. The topological polar surface area (TPSA) is 80.3 Å². The first kappa shape index (κ1) is 13.0. The van der Waals surface area contributed by atoms with Gasteiger partial charge in [-0.2, -0.15) is 0 Å². The molecule has 0 bridgehead atoms. The monoisotopic (exact) mass is 251 g/mol. The SMILES string of the molecule is CC(C)n1cc(N)cc1C(=O)NCC(O)C1CC1. The van der Waals surface area contributed by atoms with Crippen LogP contribution in [0.1, 0.15) is 43.2 Å². The van der Waals surface area contributed by atoms with Gasteiger partial charge in [0.1, 0.15) is 5.69 Å². The average Bonchev–Trinajstić information content (AvgIpc) is 3.08. The van der Waals surface area contributed by atoms with Crippen LogP contribution in [0.3, 0.4) is 0 Å². The summed E-state index contributed by atoms with van der Waals surface area (Å²) in [6, 6.07) is 1.84. The summed E-state index contributed by atoms with van der Waals surface area (Å²) in [5.74, 6) is 0.187. The third-order valence-electron chi connectivity index (χ3n) is 3.30. The largest absolute Gasteiger partial charge is 0.397 e. The highest BCUT2D eigenvalue weighted by Gasteiger charge is 2.30. The molecule has 4 N–H and O–H groups in total. The van der Waals surface area contributed by atoms with E-state index in [1.54, 1.807) is 12.3 Å². The molecule has 1 aliphatic carbocycles. The van der Waals surface area contributed by atoms with E-state index < -0.39 is 6.10 Å². The fourth-order valence-electron chi connectivity index (χ4n) is 2.05. The first-order valence-electron chi connectivity index (χ1n) is 6.42. The van der Waals surface area contributed by atoms with Gasteiger partial charge in [-0.15, -0.1) is 0 Å². The summed E-state index contributed by atoms with van der Waals surface area (Å²) < 4.78 is 1.84. The van der Waals surface area contributed by atoms with Crippen molar-refractivity contribution in [3.8, 4) is 0 Å². The number of aromatic nitrogens is 1. The van der Waals surface area contributed by atoms with E-state index >= 15 is 0 Å². The van der Waals surface area contributed by atoms with Crippen LogP contribution in [0.15, 0.2) is 12.3 Å². The lowest BCUT2D eigenvalue weighted by molar-refractivity contribution is 0.0891. The van der Waals surface area contributed by atoms with Crippen LogP contribution in [0.4, 0.5) is 5.69 Å². The van der Waals surface area contributed by atoms with E-state index in [0.29, 0.717) is 23.8 Å². The molecule has 0 radical (unpaired) electrons. The molecular formula is C13H21N3O2. The highest BCUT2D eigenvalue weighted by atomic mass is 16.3. The Kier molecular flexibility index (Phi) is 3.61. The van der Waals surface area contributed by atoms with Crippen LogP contribution in [-0.4, -0.2) is 28.2 Å². The molecule has 1 atom stereocenters. The van der Waals surface area contributed by atoms with Crippen molar-refractivity contribution >= 4 is 11.6 Å². The lowest BCUT2D eigenvalue weighted by atomic mass is 10.2. The van der Waals surface area contributed by atoms with Crippen LogP contribution >= 0.6 is 0 Å². The van der Waals surface area contributed by atoms with E-state index in [0.717, 1.165) is 12.8 Å². The van der Waals surface area contributed by atoms with Gasteiger partial charge in [0.15, 0.2) is 0 Å². The van der Waals surface area contributed by atoms with Crippen molar-refractivity contribution in [3.05, 3.63) is 18.0 Å². The number of nitrogens with zero attached hydrogens (tertiary/aromatic N) is 1. The minimum atomic E-state index is -0.422. The molecule has 5 nitrogen and oxygen atoms in total. The molecule has 2 rings (SSSR count). The molecule has 1 heterocycles. The number of nitrogens with two attached hydrogens (primary N) is 1. The summed E-state index contributed by atoms with van der Waals surface area (Å²) in [5, 5.41) is 12.5. The highest BCUT2D eigenvalue weighted by Crippen LogP contribution is 2.32. The third-order valence-corrected chi connectivity index (χ3v) is 3.30. The van der Waals surface area contributed by atoms with Crippen LogP contribution in [0.2, 0.25) is 0 Å². The maximum absolute atomic E-state index is 12.0. The molecule has 1 aromatic rings. The lowest BCUT2D eigenvalue weighted by Gasteiger charge is -2.14. The Morgan fingerprint density at radius 2 is 2.28 bits per heavy atom. The Morgan fingerprint density at radius 1 is 1.61 bits per heavy atom. The minimum Gasteiger partial charge on any atom is -0.397 e. The van der Waals surface area contributed by atoms with E-state index in [9.17, 15) is 9.90 Å². The molecule has 1 fully saturated rings. The van der Waals surface area contributed by atoms with Crippen molar-refractivity contribution in [3.63, 3.8) is 0 Å². The smallest absolute Gasteiger partial charge is 0.268 e. The molecule has 1 unspecified atom stereocenters. The van der Waals surface area contributed by atoms with E-state index in [1.807, 2.05) is 18.4 Å². The predicted octanol–water partition coefficient (Wildman–Crippen LogP) is 1.15. The predicted molar refractivity (Wildman–Crippen MR) is 70.3 cm³/mol. The second kappa shape index (κ2) is 5.02. The van der Waals surface area contributed by atoms with Crippen molar-refractivity contribution in [2.24, 2.45) is 5.92 Å². The van der Waals surface area contributed by atoms with Gasteiger partial charge in [-0.25, -0.2) is 0 Å². The van der Waals surface area contributed by atoms with E-state index in [1.165, 1.54) is 0 Å². The van der Waals surface area contributed by atoms with Gasteiger partial charge in [0, 0.05) is 18.8 Å². The number of anilines is 1. The molecule has 0 saturated heterocycles. The second-order valence-electron chi connectivity index (χ2n) is 5.27. The van der Waals surface area contributed by atoms with Gasteiger partial charge >= 0.3 is 0 Å². The average molecular weight is 251 g/mol. The number of hydrogen-bond donors (Lipinski definition) is 3. The van der Waals surface area contributed by atoms with Gasteiger partial charge in [-0.3, -0.25) is 4.79 Å². The Hall–Kier alpha value is -1.49. The standard InChI is InChI=1S/C13H21N3O2/c1-8(2)16-7-10(14)5-11(16)13(18)15-6-12(17)9-3-4-9/h5,7-9,12,17H,3-4,6,14H2,1-2H3,(H,15,18). The summed E-state index contributed by atoms with van der Waals surface area (Å²) >= 11 is 0. The Morgan fingerprint density at radius 3 is 2.83 bits per heavy atom. The first-order valence-corrected chi connectivity index (χ1v) is 6.42. The van der Waals surface area contributed by atoms with E-state index in [4.69, 9.17) is 5.73 Å². The summed E-state index contributed by atoms with van der Waals surface area (Å²) in [4.78, 5) is 12.0. The van der Waals surface area contributed by atoms with Gasteiger partial charge in [-0.1, -0.05) is 0 Å². The zero-order valence-corrected chi connectivity index (χ0v) is 10.9. The molecule has 1 aromatic heterocycles. The van der Waals surface area contributed by atoms with Crippen LogP contribution < -0.4 is 11.1 Å². The number of carbonyl (C=O) groups excluding carboxylic acids is 1. The second-order valence-corrected chi connectivity index (χ2v) is 5.27. The molecule has 1 saturated carbocycles. The molecule has 100 valence electrons. The number of carbonyl (C=O) groups is 1. The van der Waals surface area contributed by atoms with Gasteiger partial charge in [0.05, 0.1) is 11.8 Å². The molecule has 5 heteroatoms. The lowest BCUT2D eigenvalue weighted by Crippen LogP contribution is -2.34. The van der Waals surface area contributed by atoms with Gasteiger partial charge in [-0.05, 0) is 38.7 Å². The maximum atomic E-state index is 12.0. The highest BCUT2D eigenvalue weighted by molar-refractivity contribution is 5.93. The van der Waals surface area contributed by atoms with Gasteiger partial charge in [0.25, 0.3) is 5.91 Å². The van der Waals surface area contributed by atoms with Gasteiger partial charge in [0.2, 0.25) is 0 Å². The minimum absolute atomic E-state index is 0.177. The van der Waals surface area contributed by atoms with Crippen molar-refractivity contribution in [2.45, 2.75) is 38.8 Å². The fraction of sp³-hybridized carbons (Fsp3) is 0.615. The number of aliphatic hydroxyl groups is 1. The Labute approximate surface area is 107 Å². The zero-order valence-electron chi connectivity index (χ0n) is 10.9. The third kappa shape index (κ3) is 2.85. The maximum Gasteiger partial charge on any atom is 0.268 e. The molecule has 18 heavy (non-hydrogen) atoms. The number of aliphatic hydroxyl groups excluding tert-OH is 1. The van der Waals surface area contributed by atoms with E-state index in [2.05, 4.69) is 5.32 Å². The van der Waals surface area contributed by atoms with Crippen molar-refractivity contribution in [1.29, 1.82) is 0 Å². The first-order chi connectivity index (χ1) is 8.49. The summed E-state index contributed by atoms with van der Waals surface area (Å²) in [6.07, 6.45) is 3.46. The van der Waals surface area contributed by atoms with E-state index in [-0.39, 0.29) is 11.9 Å². The fourth-order valence-corrected chi connectivity index (χ4v) is 2.05. The number of rotatable bonds is 5. The quantitative estimate of drug-likeness (QED) is 0.734. The number of nitrogen functional groups attached to an aromatic ring is 1. The van der Waals surface area contributed by atoms with Crippen LogP contribution in [0.25, 0.3) is 0 Å². The van der Waals surface area contributed by atoms with Crippen molar-refractivity contribution in [2.75, 3.05) is 12.3 Å². The molecule has 1 aliphatic rings. The van der Waals surface area contributed by atoms with Crippen LogP contribution in [-0.2, 0) is 0 Å². The van der Waals surface area contributed by atoms with Crippen molar-refractivity contribution in [1.82, 2.24) is 9.88 Å². The number of amides is 1. The van der Waals surface area contributed by atoms with Crippen LogP contribution in [0, 0.1) is 5.92 Å². The molecule has 1 amide bonds. The summed E-state index contributed by atoms with van der Waals surface area (Å²) in [5.41, 5.74) is 6.85. The molecule has 0 spiro atoms. The molecule has 0 aromatic carbocycles. The van der Waals surface area contributed by atoms with Gasteiger partial charge < -0.3 is 20.7 Å². The molecular weight excluding hydrogens is 230 g/mol. The summed E-state index contributed by atoms with van der Waals surface area (Å²) in [7, 11) is 0. The summed E-state index contributed by atoms with van der Waals surface area (Å²) in [6.45, 7) is 4.30. The Balaban J connectivity index is 1.99. The zero-order chi connectivity index (χ0) is 13.3. The normalized spacial score (nSPS) is 16.9. The Bertz CT molecular complexity index is 435. The van der Waals surface area contributed by atoms with Crippen LogP contribution in [0.5, 0.6) is 0 Å². The number of nitrogens with one attached hydrogen (secondary N) is 1. The van der Waals surface area contributed by atoms with Crippen molar-refractivity contribution < 1.29 is 9.90 Å².